The van der Waals surface area contributed by atoms with E-state index >= 15 is 0 Å². The van der Waals surface area contributed by atoms with Crippen LogP contribution < -0.4 is 10.6 Å². The number of hydrogen-bond donors (Lipinski definition) is 2. The Bertz CT molecular complexity index is 458. The lowest BCUT2D eigenvalue weighted by atomic mass is 9.99. The number of nitrogens with one attached hydrogen (secondary N) is 2. The van der Waals surface area contributed by atoms with Crippen LogP contribution in [0.25, 0.3) is 0 Å². The summed E-state index contributed by atoms with van der Waals surface area (Å²) in [6.07, 6.45) is 2.10. The monoisotopic (exact) mass is 375 g/mol. The summed E-state index contributed by atoms with van der Waals surface area (Å²) in [5.74, 6) is 0.315. The molecule has 1 fully saturated rings. The molecular formula is C18H31Cl2N3O. The van der Waals surface area contributed by atoms with Gasteiger partial charge in [-0.3, -0.25) is 9.69 Å². The van der Waals surface area contributed by atoms with Crippen molar-refractivity contribution in [2.24, 2.45) is 5.92 Å². The van der Waals surface area contributed by atoms with Gasteiger partial charge in [0.25, 0.3) is 0 Å². The predicted octanol–water partition coefficient (Wildman–Crippen LogP) is 2.99. The smallest absolute Gasteiger partial charge is 0.224 e. The number of piperidine rings is 1. The zero-order valence-corrected chi connectivity index (χ0v) is 16.3. The van der Waals surface area contributed by atoms with Gasteiger partial charge in [0.05, 0.1) is 5.92 Å². The molecule has 1 amide bonds. The Labute approximate surface area is 158 Å². The maximum atomic E-state index is 12.1. The van der Waals surface area contributed by atoms with E-state index in [4.69, 9.17) is 0 Å². The minimum atomic E-state index is 0. The van der Waals surface area contributed by atoms with Crippen molar-refractivity contribution in [1.29, 1.82) is 0 Å². The SMILES string of the molecule is CCN(CC)Cc1ccc(CNC(=O)C2CCCNC2)cc1.Cl.Cl. The van der Waals surface area contributed by atoms with Crippen LogP contribution in [0.5, 0.6) is 0 Å². The predicted molar refractivity (Wildman–Crippen MR) is 105 cm³/mol. The molecule has 2 N–H and O–H groups in total. The number of rotatable bonds is 7. The third-order valence-electron chi connectivity index (χ3n) is 4.46. The van der Waals surface area contributed by atoms with Gasteiger partial charge in [-0.15, -0.1) is 24.8 Å². The fourth-order valence-electron chi connectivity index (χ4n) is 2.88. The summed E-state index contributed by atoms with van der Waals surface area (Å²) in [6.45, 7) is 10.00. The second kappa shape index (κ2) is 12.5. The molecule has 0 spiro atoms. The van der Waals surface area contributed by atoms with E-state index < -0.39 is 0 Å². The van der Waals surface area contributed by atoms with Gasteiger partial charge in [-0.05, 0) is 43.6 Å². The van der Waals surface area contributed by atoms with Crippen LogP contribution in [0, 0.1) is 5.92 Å². The van der Waals surface area contributed by atoms with Crippen LogP contribution in [0.2, 0.25) is 0 Å². The zero-order valence-electron chi connectivity index (χ0n) is 14.7. The lowest BCUT2D eigenvalue weighted by Gasteiger charge is -2.22. The van der Waals surface area contributed by atoms with Crippen molar-refractivity contribution in [3.05, 3.63) is 35.4 Å². The Morgan fingerprint density at radius 3 is 2.33 bits per heavy atom. The maximum absolute atomic E-state index is 12.1. The van der Waals surface area contributed by atoms with Gasteiger partial charge < -0.3 is 10.6 Å². The van der Waals surface area contributed by atoms with Crippen molar-refractivity contribution in [2.45, 2.75) is 39.8 Å². The molecule has 1 heterocycles. The number of halogens is 2. The second-order valence-corrected chi connectivity index (χ2v) is 6.04. The fourth-order valence-corrected chi connectivity index (χ4v) is 2.88. The fraction of sp³-hybridized carbons (Fsp3) is 0.611. The summed E-state index contributed by atoms with van der Waals surface area (Å²) in [5.41, 5.74) is 2.50. The summed E-state index contributed by atoms with van der Waals surface area (Å²) in [4.78, 5) is 14.5. The Morgan fingerprint density at radius 2 is 1.79 bits per heavy atom. The van der Waals surface area contributed by atoms with Gasteiger partial charge in [-0.2, -0.15) is 0 Å². The highest BCUT2D eigenvalue weighted by molar-refractivity contribution is 5.85. The van der Waals surface area contributed by atoms with Crippen molar-refractivity contribution >= 4 is 30.7 Å². The number of amides is 1. The van der Waals surface area contributed by atoms with Crippen LogP contribution in [0.3, 0.4) is 0 Å². The van der Waals surface area contributed by atoms with Gasteiger partial charge in [-0.25, -0.2) is 0 Å². The van der Waals surface area contributed by atoms with E-state index in [1.54, 1.807) is 0 Å². The lowest BCUT2D eigenvalue weighted by Crippen LogP contribution is -2.40. The average molecular weight is 376 g/mol. The standard InChI is InChI=1S/C18H29N3O.2ClH/c1-3-21(4-2)14-16-9-7-15(8-10-16)12-20-18(22)17-6-5-11-19-13-17;;/h7-10,17,19H,3-6,11-14H2,1-2H3,(H,20,22);2*1H. The van der Waals surface area contributed by atoms with E-state index in [9.17, 15) is 4.79 Å². The van der Waals surface area contributed by atoms with Crippen LogP contribution in [-0.4, -0.2) is 37.0 Å². The second-order valence-electron chi connectivity index (χ2n) is 6.04. The molecule has 2 rings (SSSR count). The average Bonchev–Trinajstić information content (AvgIpc) is 2.59. The third kappa shape index (κ3) is 7.39. The quantitative estimate of drug-likeness (QED) is 0.769. The summed E-state index contributed by atoms with van der Waals surface area (Å²) < 4.78 is 0. The number of carbonyl (C=O) groups is 1. The molecule has 1 aromatic carbocycles. The molecule has 0 radical (unpaired) electrons. The zero-order chi connectivity index (χ0) is 15.8. The van der Waals surface area contributed by atoms with Gasteiger partial charge >= 0.3 is 0 Å². The molecule has 0 aliphatic carbocycles. The maximum Gasteiger partial charge on any atom is 0.224 e. The lowest BCUT2D eigenvalue weighted by molar-refractivity contribution is -0.125. The molecule has 1 saturated heterocycles. The number of nitrogens with zero attached hydrogens (tertiary/aromatic N) is 1. The van der Waals surface area contributed by atoms with Crippen LogP contribution >= 0.6 is 24.8 Å². The summed E-state index contributed by atoms with van der Waals surface area (Å²) >= 11 is 0. The van der Waals surface area contributed by atoms with E-state index in [1.165, 1.54) is 11.1 Å². The van der Waals surface area contributed by atoms with Crippen molar-refractivity contribution in [1.82, 2.24) is 15.5 Å². The molecule has 1 aliphatic heterocycles. The highest BCUT2D eigenvalue weighted by Gasteiger charge is 2.20. The van der Waals surface area contributed by atoms with Crippen molar-refractivity contribution in [2.75, 3.05) is 26.2 Å². The molecule has 4 nitrogen and oxygen atoms in total. The molecule has 0 bridgehead atoms. The van der Waals surface area contributed by atoms with E-state index in [1.807, 2.05) is 0 Å². The van der Waals surface area contributed by atoms with Gasteiger partial charge in [-0.1, -0.05) is 38.1 Å². The van der Waals surface area contributed by atoms with Crippen LogP contribution in [-0.2, 0) is 17.9 Å². The first-order chi connectivity index (χ1) is 10.7. The molecule has 1 atom stereocenters. The topological polar surface area (TPSA) is 44.4 Å². The Hall–Kier alpha value is -0.810. The van der Waals surface area contributed by atoms with Gasteiger partial charge in [0.15, 0.2) is 0 Å². The number of carbonyl (C=O) groups excluding carboxylic acids is 1. The van der Waals surface area contributed by atoms with Crippen molar-refractivity contribution < 1.29 is 4.79 Å². The van der Waals surface area contributed by atoms with Crippen LogP contribution in [0.4, 0.5) is 0 Å². The molecule has 0 saturated carbocycles. The van der Waals surface area contributed by atoms with Gasteiger partial charge in [0, 0.05) is 19.6 Å². The van der Waals surface area contributed by atoms with Crippen molar-refractivity contribution in [3.8, 4) is 0 Å². The molecule has 1 unspecified atom stereocenters. The van der Waals surface area contributed by atoms with Crippen LogP contribution in [0.1, 0.15) is 37.8 Å². The van der Waals surface area contributed by atoms with Crippen LogP contribution in [0.15, 0.2) is 24.3 Å². The Morgan fingerprint density at radius 1 is 1.17 bits per heavy atom. The minimum Gasteiger partial charge on any atom is -0.352 e. The highest BCUT2D eigenvalue weighted by Crippen LogP contribution is 2.11. The normalized spacial score (nSPS) is 16.9. The molecular weight excluding hydrogens is 345 g/mol. The Balaban J connectivity index is 0.00000264. The van der Waals surface area contributed by atoms with Gasteiger partial charge in [0.1, 0.15) is 0 Å². The van der Waals surface area contributed by atoms with E-state index in [0.29, 0.717) is 6.54 Å². The van der Waals surface area contributed by atoms with E-state index in [0.717, 1.165) is 45.6 Å². The first-order valence-corrected chi connectivity index (χ1v) is 8.51. The largest absolute Gasteiger partial charge is 0.352 e. The molecule has 24 heavy (non-hydrogen) atoms. The summed E-state index contributed by atoms with van der Waals surface area (Å²) in [6, 6.07) is 8.58. The molecule has 0 aromatic heterocycles. The Kier molecular flexibility index (Phi) is 12.1. The third-order valence-corrected chi connectivity index (χ3v) is 4.46. The molecule has 6 heteroatoms. The highest BCUT2D eigenvalue weighted by atomic mass is 35.5. The first kappa shape index (κ1) is 23.2. The minimum absolute atomic E-state index is 0. The number of hydrogen-bond acceptors (Lipinski definition) is 3. The number of benzene rings is 1. The van der Waals surface area contributed by atoms with Gasteiger partial charge in [0.2, 0.25) is 5.91 Å². The molecule has 1 aliphatic rings. The van der Waals surface area contributed by atoms with Crippen molar-refractivity contribution in [3.63, 3.8) is 0 Å². The summed E-state index contributed by atoms with van der Waals surface area (Å²) in [5, 5.41) is 6.35. The van der Waals surface area contributed by atoms with E-state index in [2.05, 4.69) is 53.6 Å². The van der Waals surface area contributed by atoms with E-state index in [-0.39, 0.29) is 36.6 Å². The molecule has 1 aromatic rings. The first-order valence-electron chi connectivity index (χ1n) is 8.51. The summed E-state index contributed by atoms with van der Waals surface area (Å²) in [7, 11) is 0. The molecule has 138 valence electrons.